The van der Waals surface area contributed by atoms with Gasteiger partial charge in [-0.3, -0.25) is 0 Å². The fourth-order valence-electron chi connectivity index (χ4n) is 2.08. The molecule has 0 radical (unpaired) electrons. The van der Waals surface area contributed by atoms with Gasteiger partial charge in [-0.1, -0.05) is 32.9 Å². The van der Waals surface area contributed by atoms with Gasteiger partial charge in [0.25, 0.3) is 0 Å². The molecule has 1 saturated carbocycles. The Morgan fingerprint density at radius 2 is 1.89 bits per heavy atom. The minimum atomic E-state index is 0.254. The van der Waals surface area contributed by atoms with Gasteiger partial charge in [-0.15, -0.1) is 0 Å². The van der Waals surface area contributed by atoms with E-state index in [2.05, 4.69) is 50.4 Å². The van der Waals surface area contributed by atoms with E-state index in [0.29, 0.717) is 0 Å². The van der Waals surface area contributed by atoms with Gasteiger partial charge in [-0.05, 0) is 54.8 Å². The first-order chi connectivity index (χ1) is 9.12. The first-order valence-corrected chi connectivity index (χ1v) is 7.56. The molecule has 2 nitrogen and oxygen atoms in total. The van der Waals surface area contributed by atoms with Gasteiger partial charge in [0.15, 0.2) is 0 Å². The van der Waals surface area contributed by atoms with Crippen LogP contribution in [0.25, 0.3) is 0 Å². The summed E-state index contributed by atoms with van der Waals surface area (Å²) in [6.07, 6.45) is 3.96. The zero-order chi connectivity index (χ0) is 13.7. The third kappa shape index (κ3) is 4.54. The SMILES string of the molecule is CCC(C)(C)c1ccc(OCCNCC2CC2)cc1. The van der Waals surface area contributed by atoms with Crippen LogP contribution in [0.15, 0.2) is 24.3 Å². The molecule has 0 amide bonds. The van der Waals surface area contributed by atoms with Crippen molar-refractivity contribution >= 4 is 0 Å². The Bertz CT molecular complexity index is 379. The van der Waals surface area contributed by atoms with E-state index in [1.807, 2.05) is 0 Å². The molecule has 19 heavy (non-hydrogen) atoms. The number of rotatable bonds is 8. The molecule has 0 bridgehead atoms. The Labute approximate surface area is 117 Å². The van der Waals surface area contributed by atoms with Gasteiger partial charge in [0.2, 0.25) is 0 Å². The summed E-state index contributed by atoms with van der Waals surface area (Å²) in [5.41, 5.74) is 1.64. The van der Waals surface area contributed by atoms with Crippen molar-refractivity contribution in [3.05, 3.63) is 29.8 Å². The topological polar surface area (TPSA) is 21.3 Å². The first-order valence-electron chi connectivity index (χ1n) is 7.56. The molecule has 1 fully saturated rings. The second-order valence-corrected chi connectivity index (χ2v) is 6.26. The van der Waals surface area contributed by atoms with Gasteiger partial charge in [-0.25, -0.2) is 0 Å². The fraction of sp³-hybridized carbons (Fsp3) is 0.647. The fourth-order valence-corrected chi connectivity index (χ4v) is 2.08. The highest BCUT2D eigenvalue weighted by atomic mass is 16.5. The Kier molecular flexibility index (Phi) is 4.87. The summed E-state index contributed by atoms with van der Waals surface area (Å²) in [6.45, 7) is 9.65. The van der Waals surface area contributed by atoms with Crippen LogP contribution in [0.1, 0.15) is 45.6 Å². The summed E-state index contributed by atoms with van der Waals surface area (Å²) >= 11 is 0. The highest BCUT2D eigenvalue weighted by Gasteiger charge is 2.20. The highest BCUT2D eigenvalue weighted by molar-refractivity contribution is 5.31. The lowest BCUT2D eigenvalue weighted by Crippen LogP contribution is -2.23. The smallest absolute Gasteiger partial charge is 0.119 e. The van der Waals surface area contributed by atoms with E-state index in [0.717, 1.165) is 37.8 Å². The number of hydrogen-bond acceptors (Lipinski definition) is 2. The minimum Gasteiger partial charge on any atom is -0.492 e. The average Bonchev–Trinajstić information content (AvgIpc) is 3.23. The quantitative estimate of drug-likeness (QED) is 0.720. The van der Waals surface area contributed by atoms with E-state index in [1.165, 1.54) is 18.4 Å². The lowest BCUT2D eigenvalue weighted by atomic mass is 9.82. The van der Waals surface area contributed by atoms with Gasteiger partial charge in [0.1, 0.15) is 12.4 Å². The molecule has 0 saturated heterocycles. The number of nitrogens with one attached hydrogen (secondary N) is 1. The van der Waals surface area contributed by atoms with Crippen LogP contribution in [0.2, 0.25) is 0 Å². The maximum absolute atomic E-state index is 5.75. The molecular formula is C17H27NO. The molecule has 1 aromatic rings. The zero-order valence-corrected chi connectivity index (χ0v) is 12.5. The second-order valence-electron chi connectivity index (χ2n) is 6.26. The molecule has 0 spiro atoms. The average molecular weight is 261 g/mol. The van der Waals surface area contributed by atoms with Crippen LogP contribution >= 0.6 is 0 Å². The van der Waals surface area contributed by atoms with Crippen molar-refractivity contribution in [2.75, 3.05) is 19.7 Å². The molecule has 2 heteroatoms. The van der Waals surface area contributed by atoms with E-state index in [1.54, 1.807) is 0 Å². The molecular weight excluding hydrogens is 234 g/mol. The van der Waals surface area contributed by atoms with Gasteiger partial charge in [-0.2, -0.15) is 0 Å². The Morgan fingerprint density at radius 1 is 1.21 bits per heavy atom. The molecule has 106 valence electrons. The number of ether oxygens (including phenoxy) is 1. The van der Waals surface area contributed by atoms with E-state index >= 15 is 0 Å². The van der Waals surface area contributed by atoms with Gasteiger partial charge >= 0.3 is 0 Å². The van der Waals surface area contributed by atoms with E-state index < -0.39 is 0 Å². The van der Waals surface area contributed by atoms with Crippen LogP contribution < -0.4 is 10.1 Å². The van der Waals surface area contributed by atoms with Crippen molar-refractivity contribution in [2.45, 2.75) is 45.4 Å². The number of hydrogen-bond donors (Lipinski definition) is 1. The monoisotopic (exact) mass is 261 g/mol. The summed E-state index contributed by atoms with van der Waals surface area (Å²) in [5.74, 6) is 1.92. The molecule has 2 rings (SSSR count). The molecule has 1 aromatic carbocycles. The van der Waals surface area contributed by atoms with E-state index in [9.17, 15) is 0 Å². The molecule has 0 aromatic heterocycles. The maximum atomic E-state index is 5.75. The van der Waals surface area contributed by atoms with Gasteiger partial charge < -0.3 is 10.1 Å². The van der Waals surface area contributed by atoms with Crippen molar-refractivity contribution in [3.63, 3.8) is 0 Å². The van der Waals surface area contributed by atoms with Crippen molar-refractivity contribution in [2.24, 2.45) is 5.92 Å². The predicted molar refractivity (Wildman–Crippen MR) is 80.8 cm³/mol. The third-order valence-electron chi connectivity index (χ3n) is 4.20. The lowest BCUT2D eigenvalue weighted by molar-refractivity contribution is 0.313. The largest absolute Gasteiger partial charge is 0.492 e. The summed E-state index contributed by atoms with van der Waals surface area (Å²) in [6, 6.07) is 8.56. The third-order valence-corrected chi connectivity index (χ3v) is 4.20. The Hall–Kier alpha value is -1.02. The van der Waals surface area contributed by atoms with Gasteiger partial charge in [0, 0.05) is 6.54 Å². The lowest BCUT2D eigenvalue weighted by Gasteiger charge is -2.23. The van der Waals surface area contributed by atoms with Gasteiger partial charge in [0.05, 0.1) is 0 Å². The molecule has 0 unspecified atom stereocenters. The van der Waals surface area contributed by atoms with Crippen molar-refractivity contribution in [3.8, 4) is 5.75 Å². The van der Waals surface area contributed by atoms with Crippen LogP contribution in [-0.4, -0.2) is 19.7 Å². The molecule has 0 aliphatic heterocycles. The van der Waals surface area contributed by atoms with E-state index in [-0.39, 0.29) is 5.41 Å². The zero-order valence-electron chi connectivity index (χ0n) is 12.5. The standard InChI is InChI=1S/C17H27NO/c1-4-17(2,3)15-7-9-16(10-8-15)19-12-11-18-13-14-5-6-14/h7-10,14,18H,4-6,11-13H2,1-3H3. The maximum Gasteiger partial charge on any atom is 0.119 e. The van der Waals surface area contributed by atoms with Crippen LogP contribution in [0.5, 0.6) is 5.75 Å². The molecule has 1 N–H and O–H groups in total. The Balaban J connectivity index is 1.71. The van der Waals surface area contributed by atoms with Crippen LogP contribution in [0.3, 0.4) is 0 Å². The summed E-state index contributed by atoms with van der Waals surface area (Å²) in [5, 5.41) is 3.44. The number of benzene rings is 1. The first kappa shape index (κ1) is 14.4. The summed E-state index contributed by atoms with van der Waals surface area (Å²) in [7, 11) is 0. The minimum absolute atomic E-state index is 0.254. The molecule has 0 atom stereocenters. The van der Waals surface area contributed by atoms with Crippen molar-refractivity contribution in [1.82, 2.24) is 5.32 Å². The van der Waals surface area contributed by atoms with Crippen LogP contribution in [-0.2, 0) is 5.41 Å². The summed E-state index contributed by atoms with van der Waals surface area (Å²) < 4.78 is 5.75. The van der Waals surface area contributed by atoms with E-state index in [4.69, 9.17) is 4.74 Å². The predicted octanol–water partition coefficient (Wildman–Crippen LogP) is 3.75. The van der Waals surface area contributed by atoms with Crippen LogP contribution in [0.4, 0.5) is 0 Å². The highest BCUT2D eigenvalue weighted by Crippen LogP contribution is 2.28. The molecule has 1 aliphatic rings. The van der Waals surface area contributed by atoms with Crippen LogP contribution in [0, 0.1) is 5.92 Å². The molecule has 0 heterocycles. The van der Waals surface area contributed by atoms with Crippen molar-refractivity contribution in [1.29, 1.82) is 0 Å². The summed E-state index contributed by atoms with van der Waals surface area (Å²) in [4.78, 5) is 0. The normalized spacial score (nSPS) is 15.5. The Morgan fingerprint density at radius 3 is 2.47 bits per heavy atom. The second kappa shape index (κ2) is 6.42. The molecule has 1 aliphatic carbocycles. The van der Waals surface area contributed by atoms with Crippen molar-refractivity contribution < 1.29 is 4.74 Å².